The molecule has 7 heteroatoms. The summed E-state index contributed by atoms with van der Waals surface area (Å²) in [5, 5.41) is 1.13. The minimum atomic E-state index is -0.0432. The van der Waals surface area contributed by atoms with Gasteiger partial charge in [-0.3, -0.25) is 4.79 Å². The molecule has 0 aliphatic carbocycles. The maximum atomic E-state index is 13.0. The maximum Gasteiger partial charge on any atom is 0.254 e. The van der Waals surface area contributed by atoms with Gasteiger partial charge in [-0.1, -0.05) is 29.3 Å². The number of amides is 1. The summed E-state index contributed by atoms with van der Waals surface area (Å²) in [6.07, 6.45) is 0.791. The predicted octanol–water partition coefficient (Wildman–Crippen LogP) is 4.12. The predicted molar refractivity (Wildman–Crippen MR) is 107 cm³/mol. The van der Waals surface area contributed by atoms with Crippen molar-refractivity contribution in [3.05, 3.63) is 52.0 Å². The highest BCUT2D eigenvalue weighted by Gasteiger charge is 2.25. The maximum absolute atomic E-state index is 13.0. The molecule has 1 fully saturated rings. The summed E-state index contributed by atoms with van der Waals surface area (Å²) in [5.41, 5.74) is 1.61. The van der Waals surface area contributed by atoms with Crippen LogP contribution in [0.3, 0.4) is 0 Å². The Morgan fingerprint density at radius 2 is 1.74 bits per heavy atom. The van der Waals surface area contributed by atoms with Crippen molar-refractivity contribution in [2.75, 3.05) is 44.3 Å². The lowest BCUT2D eigenvalue weighted by molar-refractivity contribution is 0.0746. The van der Waals surface area contributed by atoms with E-state index in [2.05, 4.69) is 4.90 Å². The van der Waals surface area contributed by atoms with Crippen LogP contribution in [0.25, 0.3) is 0 Å². The van der Waals surface area contributed by atoms with Crippen molar-refractivity contribution < 1.29 is 14.3 Å². The van der Waals surface area contributed by atoms with Crippen LogP contribution in [-0.2, 0) is 0 Å². The normalized spacial score (nSPS) is 16.8. The Labute approximate surface area is 168 Å². The Kier molecular flexibility index (Phi) is 5.32. The molecule has 0 unspecified atom stereocenters. The first-order valence-corrected chi connectivity index (χ1v) is 9.76. The van der Waals surface area contributed by atoms with Crippen molar-refractivity contribution in [1.82, 2.24) is 4.90 Å². The minimum Gasteiger partial charge on any atom is -0.489 e. The summed E-state index contributed by atoms with van der Waals surface area (Å²) in [4.78, 5) is 17.0. The third kappa shape index (κ3) is 3.94. The fraction of sp³-hybridized carbons (Fsp3) is 0.350. The van der Waals surface area contributed by atoms with E-state index in [1.54, 1.807) is 12.1 Å². The van der Waals surface area contributed by atoms with Gasteiger partial charge in [-0.05, 0) is 30.3 Å². The van der Waals surface area contributed by atoms with Crippen molar-refractivity contribution in [2.45, 2.75) is 6.42 Å². The molecule has 1 saturated heterocycles. The molecule has 0 radical (unpaired) electrons. The third-order valence-corrected chi connectivity index (χ3v) is 5.31. The summed E-state index contributed by atoms with van der Waals surface area (Å²) in [5.74, 6) is 1.02. The van der Waals surface area contributed by atoms with Crippen LogP contribution in [0.4, 0.5) is 5.69 Å². The molecule has 0 spiro atoms. The lowest BCUT2D eigenvalue weighted by atomic mass is 10.1. The molecule has 0 saturated carbocycles. The number of carbonyl (C=O) groups is 1. The van der Waals surface area contributed by atoms with Gasteiger partial charge in [0.1, 0.15) is 0 Å². The Balaban J connectivity index is 1.47. The number of benzene rings is 2. The molecule has 27 heavy (non-hydrogen) atoms. The smallest absolute Gasteiger partial charge is 0.254 e. The van der Waals surface area contributed by atoms with Gasteiger partial charge in [0.15, 0.2) is 11.5 Å². The highest BCUT2D eigenvalue weighted by Crippen LogP contribution is 2.38. The molecule has 0 bridgehead atoms. The van der Waals surface area contributed by atoms with Crippen molar-refractivity contribution in [2.24, 2.45) is 0 Å². The number of fused-ring (bicyclic) bond motifs is 1. The van der Waals surface area contributed by atoms with Crippen LogP contribution in [0, 0.1) is 0 Å². The topological polar surface area (TPSA) is 42.0 Å². The molecule has 2 aliphatic heterocycles. The van der Waals surface area contributed by atoms with E-state index in [0.29, 0.717) is 53.4 Å². The number of anilines is 1. The van der Waals surface area contributed by atoms with Crippen LogP contribution in [0.5, 0.6) is 11.5 Å². The van der Waals surface area contributed by atoms with E-state index in [4.69, 9.17) is 32.7 Å². The molecule has 2 heterocycles. The van der Waals surface area contributed by atoms with Crippen LogP contribution < -0.4 is 14.4 Å². The lowest BCUT2D eigenvalue weighted by Crippen LogP contribution is -2.48. The monoisotopic (exact) mass is 406 g/mol. The molecule has 2 aliphatic rings. The van der Waals surface area contributed by atoms with Gasteiger partial charge in [0.05, 0.1) is 18.2 Å². The molecule has 2 aromatic rings. The van der Waals surface area contributed by atoms with Gasteiger partial charge in [-0.2, -0.15) is 0 Å². The quantitative estimate of drug-likeness (QED) is 0.751. The zero-order chi connectivity index (χ0) is 18.8. The van der Waals surface area contributed by atoms with E-state index in [1.807, 2.05) is 29.2 Å². The zero-order valence-electron chi connectivity index (χ0n) is 14.8. The molecule has 5 nitrogen and oxygen atoms in total. The standard InChI is InChI=1S/C20H20Cl2N2O3/c21-15-3-1-4-16(13-15)23-5-7-24(8-6-23)20(25)14-11-17(22)19-18(12-14)26-9-2-10-27-19/h1,3-4,11-13H,2,5-10H2. The largest absolute Gasteiger partial charge is 0.489 e. The average Bonchev–Trinajstić information content (AvgIpc) is 2.93. The van der Waals surface area contributed by atoms with Gasteiger partial charge in [-0.15, -0.1) is 0 Å². The van der Waals surface area contributed by atoms with Crippen molar-refractivity contribution >= 4 is 34.8 Å². The highest BCUT2D eigenvalue weighted by atomic mass is 35.5. The molecule has 4 rings (SSSR count). The fourth-order valence-electron chi connectivity index (χ4n) is 3.38. The summed E-state index contributed by atoms with van der Waals surface area (Å²) in [6.45, 7) is 3.90. The second kappa shape index (κ2) is 7.87. The first-order chi connectivity index (χ1) is 13.1. The molecule has 1 amide bonds. The summed E-state index contributed by atoms with van der Waals surface area (Å²) in [7, 11) is 0. The number of ether oxygens (including phenoxy) is 2. The SMILES string of the molecule is O=C(c1cc(Cl)c2c(c1)OCCCO2)N1CCN(c2cccc(Cl)c2)CC1. The van der Waals surface area contributed by atoms with Crippen molar-refractivity contribution in [1.29, 1.82) is 0 Å². The summed E-state index contributed by atoms with van der Waals surface area (Å²) >= 11 is 12.4. The van der Waals surface area contributed by atoms with E-state index >= 15 is 0 Å². The molecule has 2 aromatic carbocycles. The van der Waals surface area contributed by atoms with E-state index < -0.39 is 0 Å². The third-order valence-electron chi connectivity index (χ3n) is 4.79. The number of rotatable bonds is 2. The second-order valence-electron chi connectivity index (χ2n) is 6.59. The molecule has 0 N–H and O–H groups in total. The minimum absolute atomic E-state index is 0.0432. The van der Waals surface area contributed by atoms with Gasteiger partial charge >= 0.3 is 0 Å². The van der Waals surface area contributed by atoms with Crippen molar-refractivity contribution in [3.8, 4) is 11.5 Å². The Bertz CT molecular complexity index is 851. The summed E-state index contributed by atoms with van der Waals surface area (Å²) in [6, 6.07) is 11.2. The molecule has 0 aromatic heterocycles. The van der Waals surface area contributed by atoms with Crippen LogP contribution in [0.1, 0.15) is 16.8 Å². The number of hydrogen-bond donors (Lipinski definition) is 0. The lowest BCUT2D eigenvalue weighted by Gasteiger charge is -2.36. The zero-order valence-corrected chi connectivity index (χ0v) is 16.3. The Morgan fingerprint density at radius 1 is 0.963 bits per heavy atom. The first kappa shape index (κ1) is 18.3. The number of nitrogens with zero attached hydrogens (tertiary/aromatic N) is 2. The van der Waals surface area contributed by atoms with E-state index in [-0.39, 0.29) is 5.91 Å². The molecule has 0 atom stereocenters. The highest BCUT2D eigenvalue weighted by molar-refractivity contribution is 6.32. The Hall–Kier alpha value is -2.11. The second-order valence-corrected chi connectivity index (χ2v) is 7.44. The molecular formula is C20H20Cl2N2O3. The van der Waals surface area contributed by atoms with Crippen LogP contribution in [0.15, 0.2) is 36.4 Å². The van der Waals surface area contributed by atoms with Gasteiger partial charge in [0.2, 0.25) is 0 Å². The van der Waals surface area contributed by atoms with Crippen LogP contribution in [0.2, 0.25) is 10.0 Å². The van der Waals surface area contributed by atoms with E-state index in [0.717, 1.165) is 25.2 Å². The first-order valence-electron chi connectivity index (χ1n) is 9.01. The Morgan fingerprint density at radius 3 is 2.52 bits per heavy atom. The van der Waals surface area contributed by atoms with Gasteiger partial charge < -0.3 is 19.3 Å². The fourth-order valence-corrected chi connectivity index (χ4v) is 3.83. The number of halogens is 2. The van der Waals surface area contributed by atoms with Gasteiger partial charge in [0, 0.05) is 48.9 Å². The van der Waals surface area contributed by atoms with Crippen LogP contribution in [-0.4, -0.2) is 50.2 Å². The molecular weight excluding hydrogens is 387 g/mol. The van der Waals surface area contributed by atoms with E-state index in [1.165, 1.54) is 0 Å². The number of piperazine rings is 1. The van der Waals surface area contributed by atoms with Crippen LogP contribution >= 0.6 is 23.2 Å². The number of carbonyl (C=O) groups excluding carboxylic acids is 1. The van der Waals surface area contributed by atoms with E-state index in [9.17, 15) is 4.79 Å². The van der Waals surface area contributed by atoms with Gasteiger partial charge in [0.25, 0.3) is 5.91 Å². The summed E-state index contributed by atoms with van der Waals surface area (Å²) < 4.78 is 11.3. The average molecular weight is 407 g/mol. The molecule has 142 valence electrons. The van der Waals surface area contributed by atoms with Gasteiger partial charge in [-0.25, -0.2) is 0 Å². The van der Waals surface area contributed by atoms with Crippen molar-refractivity contribution in [3.63, 3.8) is 0 Å². The number of hydrogen-bond acceptors (Lipinski definition) is 4.